The number of ether oxygens (including phenoxy) is 1. The monoisotopic (exact) mass is 448 g/mol. The van der Waals surface area contributed by atoms with Gasteiger partial charge in [0.05, 0.1) is 35.3 Å². The number of anilines is 1. The van der Waals surface area contributed by atoms with Crippen molar-refractivity contribution in [1.29, 1.82) is 0 Å². The standard InChI is InChI=1S/C23H24N6O4/c1-29-10-8-23(31,21(29)30)20-12-17(28-33-20)15-4-2-3-14(25-15)16-7-9-24-22(26-16)27-18-11-13-5-6-19(18)32-13/h2-4,7,9,12-13,18-19,31H,5-6,8,10-11H2,1H3,(H,24,26,27). The Bertz CT molecular complexity index is 1210. The first-order valence-electron chi connectivity index (χ1n) is 11.2. The molecule has 2 N–H and O–H groups in total. The summed E-state index contributed by atoms with van der Waals surface area (Å²) in [6, 6.07) is 9.12. The topological polar surface area (TPSA) is 126 Å². The van der Waals surface area contributed by atoms with Crippen molar-refractivity contribution in [3.63, 3.8) is 0 Å². The van der Waals surface area contributed by atoms with Gasteiger partial charge in [-0.05, 0) is 37.5 Å². The normalized spacial score (nSPS) is 28.6. The van der Waals surface area contributed by atoms with Gasteiger partial charge in [-0.2, -0.15) is 0 Å². The maximum atomic E-state index is 12.4. The number of pyridine rings is 1. The van der Waals surface area contributed by atoms with Crippen LogP contribution in [0.2, 0.25) is 0 Å². The molecule has 2 bridgehead atoms. The van der Waals surface area contributed by atoms with Gasteiger partial charge in [0.15, 0.2) is 5.76 Å². The van der Waals surface area contributed by atoms with Crippen molar-refractivity contribution in [2.24, 2.45) is 0 Å². The smallest absolute Gasteiger partial charge is 0.262 e. The van der Waals surface area contributed by atoms with Gasteiger partial charge in [0.1, 0.15) is 5.69 Å². The zero-order valence-electron chi connectivity index (χ0n) is 18.1. The van der Waals surface area contributed by atoms with E-state index < -0.39 is 11.5 Å². The van der Waals surface area contributed by atoms with E-state index >= 15 is 0 Å². The maximum Gasteiger partial charge on any atom is 0.262 e. The summed E-state index contributed by atoms with van der Waals surface area (Å²) in [5.74, 6) is 0.283. The zero-order valence-corrected chi connectivity index (χ0v) is 18.1. The first kappa shape index (κ1) is 20.3. The number of aliphatic hydroxyl groups is 1. The molecule has 6 rings (SSSR count). The first-order chi connectivity index (χ1) is 16.0. The van der Waals surface area contributed by atoms with Crippen molar-refractivity contribution < 1.29 is 19.2 Å². The molecule has 6 heterocycles. The van der Waals surface area contributed by atoms with E-state index in [0.29, 0.717) is 41.4 Å². The van der Waals surface area contributed by atoms with E-state index in [9.17, 15) is 9.90 Å². The number of rotatable bonds is 5. The number of nitrogens with zero attached hydrogens (tertiary/aromatic N) is 5. The van der Waals surface area contributed by atoms with Crippen molar-refractivity contribution in [3.8, 4) is 22.8 Å². The summed E-state index contributed by atoms with van der Waals surface area (Å²) in [4.78, 5) is 27.5. The molecule has 0 radical (unpaired) electrons. The second-order valence-electron chi connectivity index (χ2n) is 8.95. The quantitative estimate of drug-likeness (QED) is 0.602. The van der Waals surface area contributed by atoms with Crippen molar-refractivity contribution in [2.45, 2.75) is 49.5 Å². The average molecular weight is 448 g/mol. The van der Waals surface area contributed by atoms with Crippen LogP contribution in [0.5, 0.6) is 0 Å². The highest BCUT2D eigenvalue weighted by Crippen LogP contribution is 2.36. The van der Waals surface area contributed by atoms with Gasteiger partial charge in [0.25, 0.3) is 5.91 Å². The van der Waals surface area contributed by atoms with Crippen LogP contribution in [0.3, 0.4) is 0 Å². The number of likely N-dealkylation sites (N-methyl/N-ethyl adjacent to an activating group) is 1. The molecular formula is C23H24N6O4. The lowest BCUT2D eigenvalue weighted by atomic mass is 9.96. The molecule has 3 aromatic rings. The Hall–Kier alpha value is -3.37. The van der Waals surface area contributed by atoms with Gasteiger partial charge in [0.2, 0.25) is 11.5 Å². The lowest BCUT2D eigenvalue weighted by molar-refractivity contribution is -0.144. The number of fused-ring (bicyclic) bond motifs is 2. The van der Waals surface area contributed by atoms with Crippen LogP contribution >= 0.6 is 0 Å². The Morgan fingerprint density at radius 1 is 1.15 bits per heavy atom. The van der Waals surface area contributed by atoms with E-state index in [2.05, 4.69) is 25.4 Å². The van der Waals surface area contributed by atoms with Crippen molar-refractivity contribution in [1.82, 2.24) is 25.0 Å². The molecule has 4 atom stereocenters. The molecule has 3 fully saturated rings. The Kier molecular flexibility index (Phi) is 4.66. The highest BCUT2D eigenvalue weighted by molar-refractivity contribution is 5.87. The van der Waals surface area contributed by atoms with Gasteiger partial charge in [-0.3, -0.25) is 4.79 Å². The second-order valence-corrected chi connectivity index (χ2v) is 8.95. The van der Waals surface area contributed by atoms with Gasteiger partial charge in [0, 0.05) is 32.3 Å². The van der Waals surface area contributed by atoms with E-state index in [1.165, 1.54) is 4.90 Å². The highest BCUT2D eigenvalue weighted by atomic mass is 16.5. The lowest BCUT2D eigenvalue weighted by Crippen LogP contribution is -2.35. The average Bonchev–Trinajstić information content (AvgIpc) is 3.63. The third-order valence-corrected chi connectivity index (χ3v) is 6.78. The van der Waals surface area contributed by atoms with Crippen molar-refractivity contribution in [2.75, 3.05) is 18.9 Å². The minimum absolute atomic E-state index is 0.126. The molecule has 10 nitrogen and oxygen atoms in total. The summed E-state index contributed by atoms with van der Waals surface area (Å²) in [6.07, 6.45) is 5.72. The number of carbonyl (C=O) groups is 1. The van der Waals surface area contributed by atoms with Crippen molar-refractivity contribution >= 4 is 11.9 Å². The van der Waals surface area contributed by atoms with E-state index in [1.807, 2.05) is 12.1 Å². The van der Waals surface area contributed by atoms with Gasteiger partial charge >= 0.3 is 0 Å². The van der Waals surface area contributed by atoms with Crippen LogP contribution in [0.1, 0.15) is 31.4 Å². The molecule has 1 amide bonds. The molecule has 0 aliphatic carbocycles. The summed E-state index contributed by atoms with van der Waals surface area (Å²) in [6.45, 7) is 0.456. The fourth-order valence-corrected chi connectivity index (χ4v) is 4.92. The van der Waals surface area contributed by atoms with Gasteiger partial charge in [-0.15, -0.1) is 0 Å². The number of hydrogen-bond donors (Lipinski definition) is 2. The van der Waals surface area contributed by atoms with Crippen LogP contribution in [0.4, 0.5) is 5.95 Å². The summed E-state index contributed by atoms with van der Waals surface area (Å²) >= 11 is 0. The van der Waals surface area contributed by atoms with Gasteiger partial charge in [-0.25, -0.2) is 15.0 Å². The largest absolute Gasteiger partial charge is 0.373 e. The fraction of sp³-hybridized carbons (Fsp3) is 0.435. The van der Waals surface area contributed by atoms with Gasteiger partial charge < -0.3 is 24.6 Å². The SMILES string of the molecule is CN1CCC(O)(c2cc(-c3cccc(-c4ccnc(NC5CC6CCC5O6)n4)n3)no2)C1=O. The third-order valence-electron chi connectivity index (χ3n) is 6.78. The van der Waals surface area contributed by atoms with E-state index in [-0.39, 0.29) is 24.3 Å². The number of amides is 1. The third kappa shape index (κ3) is 3.46. The fourth-order valence-electron chi connectivity index (χ4n) is 4.92. The Morgan fingerprint density at radius 3 is 2.70 bits per heavy atom. The molecule has 0 saturated carbocycles. The minimum Gasteiger partial charge on any atom is -0.373 e. The molecule has 3 aliphatic heterocycles. The molecule has 170 valence electrons. The van der Waals surface area contributed by atoms with E-state index in [0.717, 1.165) is 19.3 Å². The Balaban J connectivity index is 1.24. The van der Waals surface area contributed by atoms with Crippen LogP contribution in [-0.4, -0.2) is 67.9 Å². The van der Waals surface area contributed by atoms with Gasteiger partial charge in [-0.1, -0.05) is 11.2 Å². The van der Waals surface area contributed by atoms with Crippen LogP contribution in [0.15, 0.2) is 41.1 Å². The number of nitrogens with one attached hydrogen (secondary N) is 1. The zero-order chi connectivity index (χ0) is 22.6. The number of aromatic nitrogens is 4. The van der Waals surface area contributed by atoms with Crippen LogP contribution in [0.25, 0.3) is 22.8 Å². The number of likely N-dealkylation sites (tertiary alicyclic amines) is 1. The Labute approximate surface area is 190 Å². The summed E-state index contributed by atoms with van der Waals surface area (Å²) in [5, 5.41) is 18.3. The molecule has 3 saturated heterocycles. The molecule has 0 spiro atoms. The second kappa shape index (κ2) is 7.60. The highest BCUT2D eigenvalue weighted by Gasteiger charge is 2.48. The molecule has 3 aromatic heterocycles. The summed E-state index contributed by atoms with van der Waals surface area (Å²) in [5.41, 5.74) is 0.637. The predicted octanol–water partition coefficient (Wildman–Crippen LogP) is 1.98. The molecule has 4 unspecified atom stereocenters. The molecule has 3 aliphatic rings. The van der Waals surface area contributed by atoms with Crippen LogP contribution in [0, 0.1) is 0 Å². The lowest BCUT2D eigenvalue weighted by Gasteiger charge is -2.20. The first-order valence-corrected chi connectivity index (χ1v) is 11.2. The summed E-state index contributed by atoms with van der Waals surface area (Å²) < 4.78 is 11.3. The maximum absolute atomic E-state index is 12.4. The van der Waals surface area contributed by atoms with E-state index in [1.54, 1.807) is 31.4 Å². The minimum atomic E-state index is -1.69. The summed E-state index contributed by atoms with van der Waals surface area (Å²) in [7, 11) is 1.65. The van der Waals surface area contributed by atoms with Crippen molar-refractivity contribution in [3.05, 3.63) is 42.3 Å². The Morgan fingerprint density at radius 2 is 1.97 bits per heavy atom. The number of carbonyl (C=O) groups excluding carboxylic acids is 1. The molecule has 33 heavy (non-hydrogen) atoms. The number of hydrogen-bond acceptors (Lipinski definition) is 9. The molecular weight excluding hydrogens is 424 g/mol. The molecule has 10 heteroatoms. The van der Waals surface area contributed by atoms with E-state index in [4.69, 9.17) is 9.26 Å². The molecule has 0 aromatic carbocycles. The van der Waals surface area contributed by atoms with Crippen LogP contribution < -0.4 is 5.32 Å². The van der Waals surface area contributed by atoms with Crippen LogP contribution in [-0.2, 0) is 15.1 Å². The predicted molar refractivity (Wildman–Crippen MR) is 117 cm³/mol.